The van der Waals surface area contributed by atoms with E-state index in [-0.39, 0.29) is 16.4 Å². The molecule has 9 nitrogen and oxygen atoms in total. The molecule has 0 radical (unpaired) electrons. The molecule has 0 saturated carbocycles. The maximum absolute atomic E-state index is 13.2. The van der Waals surface area contributed by atoms with Crippen molar-refractivity contribution in [2.45, 2.75) is 43.6 Å². The fraction of sp³-hybridized carbons (Fsp3) is 0.636. The van der Waals surface area contributed by atoms with Crippen LogP contribution in [-0.4, -0.2) is 89.1 Å². The number of amides is 1. The van der Waals surface area contributed by atoms with E-state index < -0.39 is 22.1 Å². The highest BCUT2D eigenvalue weighted by molar-refractivity contribution is 7.89. The number of rotatable bonds is 6. The second-order valence-corrected chi connectivity index (χ2v) is 10.5. The van der Waals surface area contributed by atoms with Crippen molar-refractivity contribution in [3.8, 4) is 0 Å². The Kier molecular flexibility index (Phi) is 8.13. The monoisotopic (exact) mass is 467 g/mol. The zero-order chi connectivity index (χ0) is 23.3. The number of nitrogens with zero attached hydrogens (tertiary/aromatic N) is 3. The van der Waals surface area contributed by atoms with Crippen LogP contribution in [0.5, 0.6) is 0 Å². The van der Waals surface area contributed by atoms with Gasteiger partial charge >= 0.3 is 5.97 Å². The van der Waals surface area contributed by atoms with Gasteiger partial charge in [0.1, 0.15) is 0 Å². The Labute approximate surface area is 190 Å². The molecule has 2 aliphatic heterocycles. The Morgan fingerprint density at radius 2 is 1.66 bits per heavy atom. The third-order valence-electron chi connectivity index (χ3n) is 5.87. The van der Waals surface area contributed by atoms with Crippen molar-refractivity contribution < 1.29 is 27.5 Å². The molecular weight excluding hydrogens is 434 g/mol. The molecule has 0 spiro atoms. The molecule has 1 aromatic carbocycles. The lowest BCUT2D eigenvalue weighted by Crippen LogP contribution is -2.41. The van der Waals surface area contributed by atoms with Gasteiger partial charge in [-0.1, -0.05) is 12.8 Å². The molecule has 2 aliphatic rings. The molecule has 1 atom stereocenters. The number of hydrogen-bond donors (Lipinski definition) is 0. The molecule has 2 fully saturated rings. The predicted molar refractivity (Wildman–Crippen MR) is 120 cm³/mol. The summed E-state index contributed by atoms with van der Waals surface area (Å²) in [6.45, 7) is 5.06. The third kappa shape index (κ3) is 5.60. The van der Waals surface area contributed by atoms with Gasteiger partial charge in [-0.2, -0.15) is 0 Å². The van der Waals surface area contributed by atoms with Gasteiger partial charge in [0.05, 0.1) is 29.4 Å². The standard InChI is InChI=1S/C22H33N3O6S/c1-17(21(26)25-10-6-4-5-7-11-25)31-22(27)19-16-18(32(28,29)23(2)3)8-9-20(19)24-12-14-30-15-13-24/h8-9,16-17H,4-7,10-15H2,1-3H3/t17-/m0/s1. The minimum atomic E-state index is -3.74. The van der Waals surface area contributed by atoms with Crippen LogP contribution < -0.4 is 4.90 Å². The Bertz CT molecular complexity index is 920. The fourth-order valence-electron chi connectivity index (χ4n) is 3.95. The normalized spacial score (nSPS) is 18.9. The Morgan fingerprint density at radius 3 is 2.25 bits per heavy atom. The molecule has 0 bridgehead atoms. The van der Waals surface area contributed by atoms with Gasteiger partial charge < -0.3 is 19.3 Å². The van der Waals surface area contributed by atoms with Crippen molar-refractivity contribution in [2.75, 3.05) is 58.4 Å². The predicted octanol–water partition coefficient (Wildman–Crippen LogP) is 1.72. The van der Waals surface area contributed by atoms with E-state index in [9.17, 15) is 18.0 Å². The number of ether oxygens (including phenoxy) is 2. The summed E-state index contributed by atoms with van der Waals surface area (Å²) >= 11 is 0. The maximum atomic E-state index is 13.2. The van der Waals surface area contributed by atoms with Crippen LogP contribution in [0.4, 0.5) is 5.69 Å². The van der Waals surface area contributed by atoms with Gasteiger partial charge in [-0.3, -0.25) is 4.79 Å². The lowest BCUT2D eigenvalue weighted by Gasteiger charge is -2.31. The molecule has 2 heterocycles. The Balaban J connectivity index is 1.86. The minimum Gasteiger partial charge on any atom is -0.449 e. The van der Waals surface area contributed by atoms with E-state index in [2.05, 4.69) is 0 Å². The van der Waals surface area contributed by atoms with E-state index >= 15 is 0 Å². The van der Waals surface area contributed by atoms with Crippen LogP contribution in [0.15, 0.2) is 23.1 Å². The van der Waals surface area contributed by atoms with Crippen LogP contribution in [0.3, 0.4) is 0 Å². The first-order valence-corrected chi connectivity index (χ1v) is 12.5. The molecular formula is C22H33N3O6S. The number of esters is 1. The summed E-state index contributed by atoms with van der Waals surface area (Å²) in [5, 5.41) is 0. The van der Waals surface area contributed by atoms with E-state index in [1.54, 1.807) is 17.9 Å². The van der Waals surface area contributed by atoms with Crippen molar-refractivity contribution in [1.29, 1.82) is 0 Å². The van der Waals surface area contributed by atoms with Gasteiger partial charge in [0.25, 0.3) is 5.91 Å². The highest BCUT2D eigenvalue weighted by Gasteiger charge is 2.29. The molecule has 32 heavy (non-hydrogen) atoms. The summed E-state index contributed by atoms with van der Waals surface area (Å²) < 4.78 is 37.3. The SMILES string of the molecule is C[C@H](OC(=O)c1cc(S(=O)(=O)N(C)C)ccc1N1CCOCC1)C(=O)N1CCCCCC1. The average Bonchev–Trinajstić information content (AvgIpc) is 3.08. The average molecular weight is 468 g/mol. The molecule has 1 amide bonds. The molecule has 0 aromatic heterocycles. The Morgan fingerprint density at radius 1 is 1.03 bits per heavy atom. The summed E-state index contributed by atoms with van der Waals surface area (Å²) in [5.41, 5.74) is 0.704. The van der Waals surface area contributed by atoms with Crippen LogP contribution in [-0.2, 0) is 24.3 Å². The van der Waals surface area contributed by atoms with E-state index in [1.165, 1.54) is 26.2 Å². The second-order valence-electron chi connectivity index (χ2n) is 8.35. The summed E-state index contributed by atoms with van der Waals surface area (Å²) in [4.78, 5) is 29.7. The zero-order valence-corrected chi connectivity index (χ0v) is 19.9. The van der Waals surface area contributed by atoms with Crippen LogP contribution in [0.25, 0.3) is 0 Å². The smallest absolute Gasteiger partial charge is 0.341 e. The number of carbonyl (C=O) groups excluding carboxylic acids is 2. The van der Waals surface area contributed by atoms with Crippen molar-refractivity contribution in [1.82, 2.24) is 9.21 Å². The lowest BCUT2D eigenvalue weighted by molar-refractivity contribution is -0.139. The van der Waals surface area contributed by atoms with Crippen LogP contribution in [0, 0.1) is 0 Å². The molecule has 2 saturated heterocycles. The highest BCUT2D eigenvalue weighted by atomic mass is 32.2. The number of anilines is 1. The summed E-state index contributed by atoms with van der Waals surface area (Å²) in [6, 6.07) is 4.45. The van der Waals surface area contributed by atoms with E-state index in [1.807, 2.05) is 4.90 Å². The summed E-state index contributed by atoms with van der Waals surface area (Å²) in [5.74, 6) is -0.928. The molecule has 3 rings (SSSR count). The van der Waals surface area contributed by atoms with Crippen LogP contribution >= 0.6 is 0 Å². The topological polar surface area (TPSA) is 96.5 Å². The van der Waals surface area contributed by atoms with Crippen LogP contribution in [0.2, 0.25) is 0 Å². The van der Waals surface area contributed by atoms with Crippen molar-refractivity contribution >= 4 is 27.6 Å². The molecule has 178 valence electrons. The summed E-state index contributed by atoms with van der Waals surface area (Å²) in [7, 11) is -0.868. The first kappa shape index (κ1) is 24.5. The quantitative estimate of drug-likeness (QED) is 0.588. The lowest BCUT2D eigenvalue weighted by atomic mass is 10.1. The van der Waals surface area contributed by atoms with E-state index in [4.69, 9.17) is 9.47 Å². The van der Waals surface area contributed by atoms with Gasteiger partial charge in [-0.15, -0.1) is 0 Å². The minimum absolute atomic E-state index is 0.00189. The van der Waals surface area contributed by atoms with E-state index in [0.29, 0.717) is 45.1 Å². The number of morpholine rings is 1. The number of carbonyl (C=O) groups is 2. The fourth-order valence-corrected chi connectivity index (χ4v) is 4.88. The second kappa shape index (κ2) is 10.6. The number of hydrogen-bond acceptors (Lipinski definition) is 7. The number of sulfonamides is 1. The third-order valence-corrected chi connectivity index (χ3v) is 7.68. The van der Waals surface area contributed by atoms with Crippen molar-refractivity contribution in [2.24, 2.45) is 0 Å². The van der Waals surface area contributed by atoms with E-state index in [0.717, 1.165) is 30.0 Å². The molecule has 0 aliphatic carbocycles. The molecule has 0 N–H and O–H groups in total. The maximum Gasteiger partial charge on any atom is 0.341 e. The largest absolute Gasteiger partial charge is 0.449 e. The van der Waals surface area contributed by atoms with Gasteiger partial charge in [0, 0.05) is 40.3 Å². The Hall–Kier alpha value is -2.17. The first-order valence-electron chi connectivity index (χ1n) is 11.1. The van der Waals surface area contributed by atoms with Gasteiger partial charge in [0.15, 0.2) is 6.10 Å². The highest BCUT2D eigenvalue weighted by Crippen LogP contribution is 2.27. The molecule has 1 aromatic rings. The zero-order valence-electron chi connectivity index (χ0n) is 19.1. The van der Waals surface area contributed by atoms with Crippen molar-refractivity contribution in [3.63, 3.8) is 0 Å². The number of likely N-dealkylation sites (tertiary alicyclic amines) is 1. The summed E-state index contributed by atoms with van der Waals surface area (Å²) in [6.07, 6.45) is 3.12. The van der Waals surface area contributed by atoms with Gasteiger partial charge in [-0.05, 0) is 38.0 Å². The van der Waals surface area contributed by atoms with Crippen molar-refractivity contribution in [3.05, 3.63) is 23.8 Å². The first-order chi connectivity index (χ1) is 15.2. The molecule has 10 heteroatoms. The van der Waals surface area contributed by atoms with Gasteiger partial charge in [-0.25, -0.2) is 17.5 Å². The molecule has 0 unspecified atom stereocenters. The van der Waals surface area contributed by atoms with Crippen LogP contribution in [0.1, 0.15) is 43.0 Å². The van der Waals surface area contributed by atoms with Gasteiger partial charge in [0.2, 0.25) is 10.0 Å². The number of benzene rings is 1.